The van der Waals surface area contributed by atoms with E-state index in [9.17, 15) is 0 Å². The molecule has 0 amide bonds. The standard InChI is InChI=1S/C16H21N5S2/c1-20-11-4-5-12(20)10-21(7-6-11)13-9-14(19-16(17)18-13)23-15-3-2-8-22-15/h2-3,8-9,11-12H,4-7,10H2,1H3,(H2,17,18,19)/t11-,12+/m0/s1. The van der Waals surface area contributed by atoms with Crippen molar-refractivity contribution in [1.82, 2.24) is 14.9 Å². The van der Waals surface area contributed by atoms with Crippen LogP contribution in [0.4, 0.5) is 11.8 Å². The second kappa shape index (κ2) is 6.30. The summed E-state index contributed by atoms with van der Waals surface area (Å²) in [6.45, 7) is 2.08. The Balaban J connectivity index is 1.57. The summed E-state index contributed by atoms with van der Waals surface area (Å²) in [5.41, 5.74) is 5.97. The van der Waals surface area contributed by atoms with Crippen molar-refractivity contribution in [3.05, 3.63) is 23.6 Å². The first-order chi connectivity index (χ1) is 11.2. The second-order valence-corrected chi connectivity index (χ2v) is 8.51. The highest BCUT2D eigenvalue weighted by Gasteiger charge is 2.35. The summed E-state index contributed by atoms with van der Waals surface area (Å²) in [4.78, 5) is 13.8. The van der Waals surface area contributed by atoms with Crippen LogP contribution in [-0.2, 0) is 0 Å². The van der Waals surface area contributed by atoms with Gasteiger partial charge in [-0.15, -0.1) is 11.3 Å². The van der Waals surface area contributed by atoms with Gasteiger partial charge >= 0.3 is 0 Å². The molecular weight excluding hydrogens is 326 g/mol. The van der Waals surface area contributed by atoms with Gasteiger partial charge in [0, 0.05) is 31.2 Å². The van der Waals surface area contributed by atoms with Gasteiger partial charge in [-0.05, 0) is 37.8 Å². The summed E-state index contributed by atoms with van der Waals surface area (Å²) < 4.78 is 1.23. The van der Waals surface area contributed by atoms with Gasteiger partial charge in [0.25, 0.3) is 0 Å². The largest absolute Gasteiger partial charge is 0.368 e. The maximum Gasteiger partial charge on any atom is 0.223 e. The number of fused-ring (bicyclic) bond motifs is 2. The van der Waals surface area contributed by atoms with Crippen LogP contribution >= 0.6 is 23.1 Å². The zero-order valence-electron chi connectivity index (χ0n) is 13.2. The third-order valence-electron chi connectivity index (χ3n) is 4.88. The lowest BCUT2D eigenvalue weighted by molar-refractivity contribution is 0.254. The number of nitrogen functional groups attached to an aromatic ring is 1. The minimum absolute atomic E-state index is 0.365. The smallest absolute Gasteiger partial charge is 0.223 e. The van der Waals surface area contributed by atoms with Crippen molar-refractivity contribution in [3.63, 3.8) is 0 Å². The zero-order chi connectivity index (χ0) is 15.8. The highest BCUT2D eigenvalue weighted by Crippen LogP contribution is 2.34. The molecule has 2 atom stereocenters. The average Bonchev–Trinajstić information content (AvgIpc) is 3.07. The molecule has 0 radical (unpaired) electrons. The Hall–Kier alpha value is -1.31. The molecule has 0 unspecified atom stereocenters. The summed E-state index contributed by atoms with van der Waals surface area (Å²) in [6.07, 6.45) is 3.82. The number of nitrogens with zero attached hydrogens (tertiary/aromatic N) is 4. The van der Waals surface area contributed by atoms with E-state index in [2.05, 4.69) is 50.4 Å². The molecule has 2 aromatic rings. The number of likely N-dealkylation sites (N-methyl/N-ethyl adjacent to an activating group) is 1. The maximum absolute atomic E-state index is 5.97. The fraction of sp³-hybridized carbons (Fsp3) is 0.500. The van der Waals surface area contributed by atoms with Crippen molar-refractivity contribution in [2.75, 3.05) is 30.8 Å². The number of aromatic nitrogens is 2. The monoisotopic (exact) mass is 347 g/mol. The van der Waals surface area contributed by atoms with Crippen LogP contribution in [0.15, 0.2) is 32.8 Å². The van der Waals surface area contributed by atoms with Crippen LogP contribution < -0.4 is 10.6 Å². The lowest BCUT2D eigenvalue weighted by Crippen LogP contribution is -2.37. The summed E-state index contributed by atoms with van der Waals surface area (Å²) in [5.74, 6) is 1.34. The topological polar surface area (TPSA) is 58.3 Å². The Kier molecular flexibility index (Phi) is 4.17. The number of hydrogen-bond acceptors (Lipinski definition) is 7. The predicted molar refractivity (Wildman–Crippen MR) is 96.3 cm³/mol. The Morgan fingerprint density at radius 3 is 2.96 bits per heavy atom. The van der Waals surface area contributed by atoms with Crippen molar-refractivity contribution >= 4 is 34.9 Å². The van der Waals surface area contributed by atoms with Crippen LogP contribution in [0.3, 0.4) is 0 Å². The van der Waals surface area contributed by atoms with Gasteiger partial charge in [-0.3, -0.25) is 4.90 Å². The minimum atomic E-state index is 0.365. The lowest BCUT2D eigenvalue weighted by atomic mass is 10.1. The van der Waals surface area contributed by atoms with Crippen molar-refractivity contribution in [1.29, 1.82) is 0 Å². The van der Waals surface area contributed by atoms with Gasteiger partial charge in [0.1, 0.15) is 10.8 Å². The van der Waals surface area contributed by atoms with Gasteiger partial charge < -0.3 is 10.6 Å². The number of nitrogens with two attached hydrogens (primary N) is 1. The van der Waals surface area contributed by atoms with Gasteiger partial charge in [-0.1, -0.05) is 17.8 Å². The van der Waals surface area contributed by atoms with E-state index >= 15 is 0 Å². The zero-order valence-corrected chi connectivity index (χ0v) is 14.8. The third kappa shape index (κ3) is 3.18. The Morgan fingerprint density at radius 1 is 1.26 bits per heavy atom. The molecular formula is C16H21N5S2. The van der Waals surface area contributed by atoms with Crippen LogP contribution in [0.2, 0.25) is 0 Å². The quantitative estimate of drug-likeness (QED) is 0.862. The van der Waals surface area contributed by atoms with Gasteiger partial charge in [-0.25, -0.2) is 4.98 Å². The van der Waals surface area contributed by atoms with Gasteiger partial charge in [0.05, 0.1) is 4.21 Å². The van der Waals surface area contributed by atoms with Crippen LogP contribution in [0.5, 0.6) is 0 Å². The summed E-state index contributed by atoms with van der Waals surface area (Å²) in [6, 6.07) is 7.60. The van der Waals surface area contributed by atoms with Gasteiger partial charge in [-0.2, -0.15) is 4.98 Å². The Morgan fingerprint density at radius 2 is 2.13 bits per heavy atom. The van der Waals surface area contributed by atoms with E-state index in [0.717, 1.165) is 30.0 Å². The summed E-state index contributed by atoms with van der Waals surface area (Å²) >= 11 is 3.38. The summed E-state index contributed by atoms with van der Waals surface area (Å²) in [5, 5.41) is 3.01. The van der Waals surface area contributed by atoms with Crippen molar-refractivity contribution in [2.45, 2.75) is 40.6 Å². The molecule has 0 aromatic carbocycles. The van der Waals surface area contributed by atoms with Crippen LogP contribution in [0.1, 0.15) is 19.3 Å². The SMILES string of the molecule is CN1[C@H]2CC[C@@H]1CN(c1cc(Sc3cccs3)nc(N)n1)CC2. The molecule has 2 aliphatic heterocycles. The van der Waals surface area contributed by atoms with Crippen molar-refractivity contribution in [2.24, 2.45) is 0 Å². The first-order valence-corrected chi connectivity index (χ1v) is 9.71. The predicted octanol–water partition coefficient (Wildman–Crippen LogP) is 2.94. The lowest BCUT2D eigenvalue weighted by Gasteiger charge is -2.26. The second-order valence-electron chi connectivity index (χ2n) is 6.24. The molecule has 2 aliphatic rings. The maximum atomic E-state index is 5.97. The molecule has 4 rings (SSSR count). The molecule has 2 bridgehead atoms. The molecule has 4 heterocycles. The van der Waals surface area contributed by atoms with E-state index in [1.54, 1.807) is 23.1 Å². The van der Waals surface area contributed by atoms with E-state index in [1.165, 1.54) is 23.5 Å². The molecule has 23 heavy (non-hydrogen) atoms. The molecule has 2 N–H and O–H groups in total. The van der Waals surface area contributed by atoms with Crippen molar-refractivity contribution in [3.8, 4) is 0 Å². The molecule has 2 fully saturated rings. The number of thiophene rings is 1. The van der Waals surface area contributed by atoms with Gasteiger partial charge in [0.15, 0.2) is 0 Å². The number of hydrogen-bond donors (Lipinski definition) is 1. The molecule has 0 aliphatic carbocycles. The fourth-order valence-corrected chi connectivity index (χ4v) is 5.31. The van der Waals surface area contributed by atoms with Crippen LogP contribution in [-0.4, -0.2) is 47.1 Å². The Labute approximate surface area is 144 Å². The summed E-state index contributed by atoms with van der Waals surface area (Å²) in [7, 11) is 2.26. The highest BCUT2D eigenvalue weighted by atomic mass is 32.2. The highest BCUT2D eigenvalue weighted by molar-refractivity contribution is 8.01. The third-order valence-corrected chi connectivity index (χ3v) is 6.83. The van der Waals surface area contributed by atoms with Crippen molar-refractivity contribution < 1.29 is 0 Å². The molecule has 5 nitrogen and oxygen atoms in total. The number of anilines is 2. The van der Waals surface area contributed by atoms with E-state index in [4.69, 9.17) is 5.73 Å². The molecule has 122 valence electrons. The van der Waals surface area contributed by atoms with E-state index in [0.29, 0.717) is 12.0 Å². The first kappa shape index (κ1) is 15.2. The Bertz CT molecular complexity index is 675. The number of rotatable bonds is 3. The van der Waals surface area contributed by atoms with E-state index < -0.39 is 0 Å². The molecule has 7 heteroatoms. The average molecular weight is 348 g/mol. The van der Waals surface area contributed by atoms with Crippen LogP contribution in [0.25, 0.3) is 0 Å². The molecule has 0 spiro atoms. The fourth-order valence-electron chi connectivity index (χ4n) is 3.59. The molecule has 0 saturated carbocycles. The van der Waals surface area contributed by atoms with E-state index in [1.807, 2.05) is 0 Å². The molecule has 2 saturated heterocycles. The van der Waals surface area contributed by atoms with Gasteiger partial charge in [0.2, 0.25) is 5.95 Å². The van der Waals surface area contributed by atoms with Crippen LogP contribution in [0, 0.1) is 0 Å². The molecule has 2 aromatic heterocycles. The first-order valence-electron chi connectivity index (χ1n) is 8.02. The van der Waals surface area contributed by atoms with E-state index in [-0.39, 0.29) is 0 Å². The minimum Gasteiger partial charge on any atom is -0.368 e. The normalized spacial score (nSPS) is 24.8.